The highest BCUT2D eigenvalue weighted by Crippen LogP contribution is 2.34. The highest BCUT2D eigenvalue weighted by molar-refractivity contribution is 6.53. The van der Waals surface area contributed by atoms with E-state index >= 15 is 0 Å². The van der Waals surface area contributed by atoms with E-state index in [9.17, 15) is 14.4 Å². The normalized spacial score (nSPS) is 13.5. The molecule has 0 aliphatic carbocycles. The molecular formula is C26H21Cl2N3O3. The summed E-state index contributed by atoms with van der Waals surface area (Å²) < 4.78 is 0. The van der Waals surface area contributed by atoms with Crippen molar-refractivity contribution in [2.24, 2.45) is 0 Å². The SMILES string of the molecule is Cc1c(Cl)cccc1N1C(=O)C(Cl)=C(Nc2ccc(CC(=O)N(C)c3ccccc3)cc2)C1=O. The maximum Gasteiger partial charge on any atom is 0.283 e. The molecule has 1 heterocycles. The summed E-state index contributed by atoms with van der Waals surface area (Å²) in [4.78, 5) is 41.0. The zero-order valence-corrected chi connectivity index (χ0v) is 20.0. The second kappa shape index (κ2) is 9.71. The molecule has 8 heteroatoms. The lowest BCUT2D eigenvalue weighted by atomic mass is 10.1. The van der Waals surface area contributed by atoms with Gasteiger partial charge in [-0.25, -0.2) is 4.90 Å². The zero-order valence-electron chi connectivity index (χ0n) is 18.5. The molecule has 3 aromatic carbocycles. The standard InChI is InChI=1S/C26H21Cl2N3O3/c1-16-20(27)9-6-10-21(16)31-25(33)23(28)24(26(31)34)29-18-13-11-17(12-14-18)15-22(32)30(2)19-7-4-3-5-8-19/h3-14,29H,15H2,1-2H3. The summed E-state index contributed by atoms with van der Waals surface area (Å²) >= 11 is 12.4. The van der Waals surface area contributed by atoms with Gasteiger partial charge < -0.3 is 10.2 Å². The van der Waals surface area contributed by atoms with Crippen molar-refractivity contribution < 1.29 is 14.4 Å². The van der Waals surface area contributed by atoms with Crippen LogP contribution in [0.2, 0.25) is 5.02 Å². The monoisotopic (exact) mass is 493 g/mol. The van der Waals surface area contributed by atoms with Gasteiger partial charge in [0.1, 0.15) is 10.7 Å². The molecule has 4 rings (SSSR count). The van der Waals surface area contributed by atoms with Crippen LogP contribution in [0, 0.1) is 6.92 Å². The number of hydrogen-bond donors (Lipinski definition) is 1. The van der Waals surface area contributed by atoms with E-state index in [1.165, 1.54) is 0 Å². The minimum Gasteiger partial charge on any atom is -0.350 e. The van der Waals surface area contributed by atoms with Crippen molar-refractivity contribution in [1.82, 2.24) is 0 Å². The lowest BCUT2D eigenvalue weighted by Gasteiger charge is -2.18. The first-order valence-corrected chi connectivity index (χ1v) is 11.2. The summed E-state index contributed by atoms with van der Waals surface area (Å²) in [5.41, 5.74) is 3.16. The number of amides is 3. The van der Waals surface area contributed by atoms with Crippen LogP contribution in [0.15, 0.2) is 83.5 Å². The summed E-state index contributed by atoms with van der Waals surface area (Å²) in [6.45, 7) is 1.73. The van der Waals surface area contributed by atoms with Crippen molar-refractivity contribution in [2.75, 3.05) is 22.2 Å². The van der Waals surface area contributed by atoms with E-state index in [4.69, 9.17) is 23.2 Å². The summed E-state index contributed by atoms with van der Waals surface area (Å²) in [6, 6.07) is 21.4. The molecular weight excluding hydrogens is 473 g/mol. The highest BCUT2D eigenvalue weighted by atomic mass is 35.5. The number of halogens is 2. The Morgan fingerprint density at radius 2 is 1.59 bits per heavy atom. The number of anilines is 3. The quantitative estimate of drug-likeness (QED) is 0.473. The maximum absolute atomic E-state index is 13.0. The van der Waals surface area contributed by atoms with Crippen LogP contribution in [-0.4, -0.2) is 24.8 Å². The Hall–Kier alpha value is -3.61. The number of carbonyl (C=O) groups excluding carboxylic acids is 3. The van der Waals surface area contributed by atoms with Gasteiger partial charge in [0, 0.05) is 23.4 Å². The first kappa shape index (κ1) is 23.5. The molecule has 6 nitrogen and oxygen atoms in total. The molecule has 0 unspecified atom stereocenters. The topological polar surface area (TPSA) is 69.7 Å². The average molecular weight is 494 g/mol. The maximum atomic E-state index is 13.0. The molecule has 1 aliphatic rings. The van der Waals surface area contributed by atoms with Gasteiger partial charge in [-0.2, -0.15) is 0 Å². The molecule has 0 spiro atoms. The van der Waals surface area contributed by atoms with Crippen LogP contribution in [0.4, 0.5) is 17.1 Å². The highest BCUT2D eigenvalue weighted by Gasteiger charge is 2.39. The average Bonchev–Trinajstić information content (AvgIpc) is 3.05. The van der Waals surface area contributed by atoms with Gasteiger partial charge in [-0.1, -0.05) is 59.6 Å². The number of carbonyl (C=O) groups is 3. The van der Waals surface area contributed by atoms with Gasteiger partial charge in [-0.15, -0.1) is 0 Å². The summed E-state index contributed by atoms with van der Waals surface area (Å²) in [7, 11) is 1.73. The second-order valence-corrected chi connectivity index (χ2v) is 8.59. The van der Waals surface area contributed by atoms with Gasteiger partial charge in [0.15, 0.2) is 0 Å². The molecule has 0 atom stereocenters. The van der Waals surface area contributed by atoms with Crippen molar-refractivity contribution in [3.63, 3.8) is 0 Å². The number of nitrogens with zero attached hydrogens (tertiary/aromatic N) is 2. The molecule has 34 heavy (non-hydrogen) atoms. The smallest absolute Gasteiger partial charge is 0.283 e. The second-order valence-electron chi connectivity index (χ2n) is 7.81. The minimum absolute atomic E-state index is 0.0151. The molecule has 0 saturated heterocycles. The predicted molar refractivity (Wildman–Crippen MR) is 135 cm³/mol. The molecule has 1 N–H and O–H groups in total. The van der Waals surface area contributed by atoms with Crippen LogP contribution in [0.3, 0.4) is 0 Å². The van der Waals surface area contributed by atoms with Gasteiger partial charge in [0.25, 0.3) is 11.8 Å². The Kier molecular flexibility index (Phi) is 6.72. The molecule has 3 aromatic rings. The number of imide groups is 1. The Morgan fingerprint density at radius 3 is 2.26 bits per heavy atom. The molecule has 0 saturated carbocycles. The Morgan fingerprint density at radius 1 is 0.912 bits per heavy atom. The van der Waals surface area contributed by atoms with Gasteiger partial charge in [0.05, 0.1) is 12.1 Å². The third kappa shape index (κ3) is 4.55. The lowest BCUT2D eigenvalue weighted by Crippen LogP contribution is -2.32. The number of likely N-dealkylation sites (N-methyl/N-ethyl adjacent to an activating group) is 1. The van der Waals surface area contributed by atoms with Crippen LogP contribution in [-0.2, 0) is 20.8 Å². The molecule has 0 fully saturated rings. The van der Waals surface area contributed by atoms with E-state index < -0.39 is 11.8 Å². The Balaban J connectivity index is 1.47. The largest absolute Gasteiger partial charge is 0.350 e. The predicted octanol–water partition coefficient (Wildman–Crippen LogP) is 5.29. The van der Waals surface area contributed by atoms with Crippen molar-refractivity contribution in [2.45, 2.75) is 13.3 Å². The molecule has 3 amide bonds. The first-order chi connectivity index (χ1) is 16.3. The van der Waals surface area contributed by atoms with Crippen LogP contribution in [0.1, 0.15) is 11.1 Å². The zero-order chi connectivity index (χ0) is 24.4. The summed E-state index contributed by atoms with van der Waals surface area (Å²) in [5, 5.41) is 3.18. The fourth-order valence-electron chi connectivity index (χ4n) is 3.61. The van der Waals surface area contributed by atoms with Crippen LogP contribution >= 0.6 is 23.2 Å². The van der Waals surface area contributed by atoms with E-state index in [0.29, 0.717) is 22.0 Å². The van der Waals surface area contributed by atoms with E-state index in [1.807, 2.05) is 30.3 Å². The van der Waals surface area contributed by atoms with Crippen molar-refractivity contribution in [3.05, 3.63) is 99.7 Å². The van der Waals surface area contributed by atoms with Crippen molar-refractivity contribution in [1.29, 1.82) is 0 Å². The Labute approximate surface area is 207 Å². The number of hydrogen-bond acceptors (Lipinski definition) is 4. The third-order valence-electron chi connectivity index (χ3n) is 5.60. The summed E-state index contributed by atoms with van der Waals surface area (Å²) in [6.07, 6.45) is 0.217. The first-order valence-electron chi connectivity index (χ1n) is 10.5. The van der Waals surface area contributed by atoms with Gasteiger partial charge in [-0.05, 0) is 54.4 Å². The Bertz CT molecular complexity index is 1300. The van der Waals surface area contributed by atoms with E-state index in [1.54, 1.807) is 61.3 Å². The van der Waals surface area contributed by atoms with Gasteiger partial charge in [-0.3, -0.25) is 14.4 Å². The molecule has 1 aliphatic heterocycles. The van der Waals surface area contributed by atoms with Crippen LogP contribution in [0.5, 0.6) is 0 Å². The number of nitrogens with one attached hydrogen (secondary N) is 1. The van der Waals surface area contributed by atoms with E-state index in [-0.39, 0.29) is 23.1 Å². The fraction of sp³-hybridized carbons (Fsp3) is 0.115. The molecule has 0 aromatic heterocycles. The van der Waals surface area contributed by atoms with E-state index in [0.717, 1.165) is 16.2 Å². The van der Waals surface area contributed by atoms with Crippen molar-refractivity contribution in [3.8, 4) is 0 Å². The van der Waals surface area contributed by atoms with Crippen molar-refractivity contribution >= 4 is 58.0 Å². The minimum atomic E-state index is -0.620. The molecule has 172 valence electrons. The van der Waals surface area contributed by atoms with E-state index in [2.05, 4.69) is 5.32 Å². The van der Waals surface area contributed by atoms with Gasteiger partial charge >= 0.3 is 0 Å². The fourth-order valence-corrected chi connectivity index (χ4v) is 3.99. The third-order valence-corrected chi connectivity index (χ3v) is 6.36. The van der Waals surface area contributed by atoms with Crippen LogP contribution < -0.4 is 15.1 Å². The number of para-hydroxylation sites is 1. The lowest BCUT2D eigenvalue weighted by molar-refractivity contribution is -0.120. The van der Waals surface area contributed by atoms with Gasteiger partial charge in [0.2, 0.25) is 5.91 Å². The molecule has 0 radical (unpaired) electrons. The summed E-state index contributed by atoms with van der Waals surface area (Å²) in [5.74, 6) is -1.24. The number of rotatable bonds is 6. The molecule has 0 bridgehead atoms. The van der Waals surface area contributed by atoms with Crippen LogP contribution in [0.25, 0.3) is 0 Å². The number of benzene rings is 3.